The summed E-state index contributed by atoms with van der Waals surface area (Å²) < 4.78 is 0. The zero-order valence-corrected chi connectivity index (χ0v) is 15.4. The number of nitrogens with one attached hydrogen (secondary N) is 2. The number of nitrogens with zero attached hydrogens (tertiary/aromatic N) is 1. The van der Waals surface area contributed by atoms with Crippen molar-refractivity contribution >= 4 is 17.5 Å². The SMILES string of the molecule is O=C(CCN1CCc2ccccc2C1)Nc1ccccc1C(=O)NC1CC1. The molecule has 0 spiro atoms. The van der Waals surface area contributed by atoms with Gasteiger partial charge in [-0.05, 0) is 42.5 Å². The molecule has 5 nitrogen and oxygen atoms in total. The fraction of sp³-hybridized carbons (Fsp3) is 0.364. The van der Waals surface area contributed by atoms with Crippen molar-refractivity contribution in [2.24, 2.45) is 0 Å². The number of carbonyl (C=O) groups is 2. The van der Waals surface area contributed by atoms with Crippen LogP contribution in [0, 0.1) is 0 Å². The average Bonchev–Trinajstić information content (AvgIpc) is 3.50. The summed E-state index contributed by atoms with van der Waals surface area (Å²) in [6.07, 6.45) is 3.53. The van der Waals surface area contributed by atoms with Crippen molar-refractivity contribution in [1.29, 1.82) is 0 Å². The van der Waals surface area contributed by atoms with Crippen LogP contribution in [0.2, 0.25) is 0 Å². The van der Waals surface area contributed by atoms with E-state index >= 15 is 0 Å². The second kappa shape index (κ2) is 7.92. The lowest BCUT2D eigenvalue weighted by atomic mass is 10.00. The fourth-order valence-electron chi connectivity index (χ4n) is 3.50. The molecule has 1 saturated carbocycles. The highest BCUT2D eigenvalue weighted by Crippen LogP contribution is 2.22. The van der Waals surface area contributed by atoms with Gasteiger partial charge in [0.15, 0.2) is 0 Å². The van der Waals surface area contributed by atoms with Gasteiger partial charge in [-0.2, -0.15) is 0 Å². The van der Waals surface area contributed by atoms with Crippen LogP contribution in [0.25, 0.3) is 0 Å². The first kappa shape index (κ1) is 17.7. The van der Waals surface area contributed by atoms with Gasteiger partial charge in [0.1, 0.15) is 0 Å². The molecule has 1 heterocycles. The largest absolute Gasteiger partial charge is 0.349 e. The molecule has 1 aliphatic heterocycles. The Hall–Kier alpha value is -2.66. The van der Waals surface area contributed by atoms with E-state index < -0.39 is 0 Å². The molecule has 4 rings (SSSR count). The maximum absolute atomic E-state index is 12.4. The Bertz CT molecular complexity index is 845. The monoisotopic (exact) mass is 363 g/mol. The number of carbonyl (C=O) groups excluding carboxylic acids is 2. The molecule has 1 fully saturated rings. The molecule has 5 heteroatoms. The second-order valence-corrected chi connectivity index (χ2v) is 7.39. The van der Waals surface area contributed by atoms with E-state index in [1.807, 2.05) is 12.1 Å². The minimum Gasteiger partial charge on any atom is -0.349 e. The zero-order chi connectivity index (χ0) is 18.6. The van der Waals surface area contributed by atoms with Crippen LogP contribution in [-0.4, -0.2) is 35.8 Å². The first-order valence-electron chi connectivity index (χ1n) is 9.68. The molecule has 0 bridgehead atoms. The molecule has 0 radical (unpaired) electrons. The van der Waals surface area contributed by atoms with Crippen LogP contribution in [0.1, 0.15) is 40.7 Å². The van der Waals surface area contributed by atoms with Gasteiger partial charge >= 0.3 is 0 Å². The average molecular weight is 363 g/mol. The van der Waals surface area contributed by atoms with Gasteiger partial charge in [-0.15, -0.1) is 0 Å². The van der Waals surface area contributed by atoms with Crippen molar-refractivity contribution < 1.29 is 9.59 Å². The van der Waals surface area contributed by atoms with Crippen LogP contribution in [0.5, 0.6) is 0 Å². The maximum Gasteiger partial charge on any atom is 0.253 e. The lowest BCUT2D eigenvalue weighted by Crippen LogP contribution is -2.33. The number of anilines is 1. The number of benzene rings is 2. The van der Waals surface area contributed by atoms with E-state index in [9.17, 15) is 9.59 Å². The first-order valence-corrected chi connectivity index (χ1v) is 9.68. The van der Waals surface area contributed by atoms with E-state index in [-0.39, 0.29) is 11.8 Å². The summed E-state index contributed by atoms with van der Waals surface area (Å²) >= 11 is 0. The third kappa shape index (κ3) is 4.55. The molecule has 0 aromatic heterocycles. The normalized spacial score (nSPS) is 16.4. The Morgan fingerprint density at radius 1 is 1.00 bits per heavy atom. The van der Waals surface area contributed by atoms with E-state index in [0.29, 0.717) is 23.7 Å². The Balaban J connectivity index is 1.32. The van der Waals surface area contributed by atoms with E-state index in [2.05, 4.69) is 39.8 Å². The van der Waals surface area contributed by atoms with Crippen molar-refractivity contribution in [2.45, 2.75) is 38.3 Å². The lowest BCUT2D eigenvalue weighted by molar-refractivity contribution is -0.116. The zero-order valence-electron chi connectivity index (χ0n) is 15.4. The summed E-state index contributed by atoms with van der Waals surface area (Å²) in [6, 6.07) is 16.0. The molecular formula is C22H25N3O2. The Labute approximate surface area is 159 Å². The summed E-state index contributed by atoms with van der Waals surface area (Å²) in [5, 5.41) is 5.90. The molecule has 2 aromatic carbocycles. The summed E-state index contributed by atoms with van der Waals surface area (Å²) in [5.74, 6) is -0.165. The molecule has 1 aliphatic carbocycles. The number of amides is 2. The minimum atomic E-state index is -0.110. The predicted molar refractivity (Wildman–Crippen MR) is 106 cm³/mol. The van der Waals surface area contributed by atoms with Gasteiger partial charge in [-0.25, -0.2) is 0 Å². The van der Waals surface area contributed by atoms with Crippen LogP contribution in [0.3, 0.4) is 0 Å². The highest BCUT2D eigenvalue weighted by Gasteiger charge is 2.25. The molecule has 2 N–H and O–H groups in total. The van der Waals surface area contributed by atoms with Gasteiger partial charge in [-0.1, -0.05) is 36.4 Å². The summed E-state index contributed by atoms with van der Waals surface area (Å²) in [4.78, 5) is 27.1. The number of fused-ring (bicyclic) bond motifs is 1. The third-order valence-electron chi connectivity index (χ3n) is 5.22. The molecule has 2 aliphatic rings. The van der Waals surface area contributed by atoms with Crippen LogP contribution >= 0.6 is 0 Å². The number of hydrogen-bond acceptors (Lipinski definition) is 3. The second-order valence-electron chi connectivity index (χ2n) is 7.39. The molecule has 0 saturated heterocycles. The van der Waals surface area contributed by atoms with Gasteiger partial charge < -0.3 is 10.6 Å². The topological polar surface area (TPSA) is 61.4 Å². The predicted octanol–water partition coefficient (Wildman–Crippen LogP) is 2.97. The molecule has 2 aromatic rings. The van der Waals surface area contributed by atoms with Crippen molar-refractivity contribution in [1.82, 2.24) is 10.2 Å². The molecule has 140 valence electrons. The summed E-state index contributed by atoms with van der Waals surface area (Å²) in [7, 11) is 0. The van der Waals surface area contributed by atoms with Gasteiger partial charge in [0, 0.05) is 32.1 Å². The molecule has 27 heavy (non-hydrogen) atoms. The Morgan fingerprint density at radius 2 is 1.74 bits per heavy atom. The Kier molecular flexibility index (Phi) is 5.21. The Morgan fingerprint density at radius 3 is 2.56 bits per heavy atom. The van der Waals surface area contributed by atoms with Crippen LogP contribution in [0.4, 0.5) is 5.69 Å². The minimum absolute atomic E-state index is 0.0551. The molecule has 0 atom stereocenters. The van der Waals surface area contributed by atoms with Crippen LogP contribution in [0.15, 0.2) is 48.5 Å². The molecule has 2 amide bonds. The van der Waals surface area contributed by atoms with Gasteiger partial charge in [0.05, 0.1) is 11.3 Å². The van der Waals surface area contributed by atoms with E-state index in [1.165, 1.54) is 11.1 Å². The fourth-order valence-corrected chi connectivity index (χ4v) is 3.50. The van der Waals surface area contributed by atoms with E-state index in [0.717, 1.165) is 38.9 Å². The van der Waals surface area contributed by atoms with E-state index in [4.69, 9.17) is 0 Å². The van der Waals surface area contributed by atoms with Gasteiger partial charge in [0.25, 0.3) is 5.91 Å². The number of hydrogen-bond donors (Lipinski definition) is 2. The lowest BCUT2D eigenvalue weighted by Gasteiger charge is -2.28. The highest BCUT2D eigenvalue weighted by molar-refractivity contribution is 6.03. The summed E-state index contributed by atoms with van der Waals surface area (Å²) in [6.45, 7) is 2.59. The highest BCUT2D eigenvalue weighted by atomic mass is 16.2. The standard InChI is InChI=1S/C22H25N3O2/c26-21(12-14-25-13-11-16-5-1-2-6-17(16)15-25)24-20-8-4-3-7-19(20)22(27)23-18-9-10-18/h1-8,18H,9-15H2,(H,23,27)(H,24,26). The van der Waals surface area contributed by atoms with Crippen molar-refractivity contribution in [3.8, 4) is 0 Å². The van der Waals surface area contributed by atoms with Gasteiger partial charge in [-0.3, -0.25) is 14.5 Å². The van der Waals surface area contributed by atoms with Crippen molar-refractivity contribution in [3.05, 3.63) is 65.2 Å². The van der Waals surface area contributed by atoms with Crippen molar-refractivity contribution in [3.63, 3.8) is 0 Å². The third-order valence-corrected chi connectivity index (χ3v) is 5.22. The molecular weight excluding hydrogens is 338 g/mol. The van der Waals surface area contributed by atoms with E-state index in [1.54, 1.807) is 12.1 Å². The van der Waals surface area contributed by atoms with Gasteiger partial charge in [0.2, 0.25) is 5.91 Å². The number of para-hydroxylation sites is 1. The quantitative estimate of drug-likeness (QED) is 0.829. The van der Waals surface area contributed by atoms with Crippen molar-refractivity contribution in [2.75, 3.05) is 18.4 Å². The first-order chi connectivity index (χ1) is 13.2. The maximum atomic E-state index is 12.4. The van der Waals surface area contributed by atoms with Crippen LogP contribution in [-0.2, 0) is 17.8 Å². The smallest absolute Gasteiger partial charge is 0.253 e. The van der Waals surface area contributed by atoms with Crippen LogP contribution < -0.4 is 10.6 Å². The summed E-state index contributed by atoms with van der Waals surface area (Å²) in [5.41, 5.74) is 3.88. The number of rotatable bonds is 6. The molecule has 0 unspecified atom stereocenters.